The first-order valence-corrected chi connectivity index (χ1v) is 13.3. The molecule has 0 amide bonds. The molecule has 0 atom stereocenters. The number of benzene rings is 2. The molecule has 8 nitrogen and oxygen atoms in total. The van der Waals surface area contributed by atoms with Crippen LogP contribution in [0.2, 0.25) is 0 Å². The monoisotopic (exact) mass is 507 g/mol. The van der Waals surface area contributed by atoms with E-state index >= 15 is 0 Å². The summed E-state index contributed by atoms with van der Waals surface area (Å²) in [5, 5.41) is 4.42. The average Bonchev–Trinajstić information content (AvgIpc) is 3.55. The number of hydrogen-bond acceptors (Lipinski definition) is 7. The third kappa shape index (κ3) is 5.09. The lowest BCUT2D eigenvalue weighted by molar-refractivity contribution is 0.120. The molecule has 0 aliphatic carbocycles. The molecule has 0 radical (unpaired) electrons. The highest BCUT2D eigenvalue weighted by atomic mass is 32.2. The van der Waals surface area contributed by atoms with Gasteiger partial charge in [-0.25, -0.2) is 8.42 Å². The Morgan fingerprint density at radius 2 is 1.72 bits per heavy atom. The summed E-state index contributed by atoms with van der Waals surface area (Å²) in [7, 11) is -3.86. The Bertz CT molecular complexity index is 1410. The number of ether oxygens (including phenoxy) is 1. The van der Waals surface area contributed by atoms with Crippen LogP contribution in [0.3, 0.4) is 0 Å². The smallest absolute Gasteiger partial charge is 0.243 e. The van der Waals surface area contributed by atoms with Crippen LogP contribution >= 0.6 is 0 Å². The fourth-order valence-corrected chi connectivity index (χ4v) is 5.69. The molecule has 1 fully saturated rings. The second kappa shape index (κ2) is 10.3. The SMILES string of the molecule is Cc1ccc(S(=O)(=O)N(Cc2ccco2)Cc2c(-c3cccc(C)c3)noc2N2CCOCC2)cc1. The molecule has 4 aromatic rings. The number of aromatic nitrogens is 1. The molecule has 1 aliphatic rings. The van der Waals surface area contributed by atoms with E-state index < -0.39 is 10.0 Å². The van der Waals surface area contributed by atoms with E-state index in [1.54, 1.807) is 42.7 Å². The summed E-state index contributed by atoms with van der Waals surface area (Å²) in [5.41, 5.74) is 4.28. The van der Waals surface area contributed by atoms with E-state index in [1.807, 2.05) is 38.1 Å². The molecule has 188 valence electrons. The Morgan fingerprint density at radius 1 is 0.944 bits per heavy atom. The van der Waals surface area contributed by atoms with Crippen LogP contribution in [0.5, 0.6) is 0 Å². The lowest BCUT2D eigenvalue weighted by atomic mass is 10.0. The molecule has 0 spiro atoms. The molecule has 3 heterocycles. The van der Waals surface area contributed by atoms with E-state index in [9.17, 15) is 8.42 Å². The van der Waals surface area contributed by atoms with Gasteiger partial charge in [0, 0.05) is 25.2 Å². The van der Waals surface area contributed by atoms with E-state index in [0.717, 1.165) is 16.7 Å². The van der Waals surface area contributed by atoms with E-state index in [0.29, 0.717) is 49.2 Å². The van der Waals surface area contributed by atoms with Crippen molar-refractivity contribution in [1.82, 2.24) is 9.46 Å². The van der Waals surface area contributed by atoms with Gasteiger partial charge in [-0.1, -0.05) is 46.6 Å². The van der Waals surface area contributed by atoms with Crippen molar-refractivity contribution in [2.75, 3.05) is 31.2 Å². The van der Waals surface area contributed by atoms with Gasteiger partial charge in [-0.3, -0.25) is 0 Å². The van der Waals surface area contributed by atoms with Crippen LogP contribution in [0, 0.1) is 13.8 Å². The Balaban J connectivity index is 1.60. The minimum absolute atomic E-state index is 0.0658. The van der Waals surface area contributed by atoms with Crippen molar-refractivity contribution >= 4 is 15.9 Å². The van der Waals surface area contributed by atoms with Crippen LogP contribution in [0.4, 0.5) is 5.88 Å². The van der Waals surface area contributed by atoms with Gasteiger partial charge >= 0.3 is 0 Å². The summed E-state index contributed by atoms with van der Waals surface area (Å²) < 4.78 is 46.1. The molecule has 2 aromatic heterocycles. The number of furan rings is 1. The first-order chi connectivity index (χ1) is 17.4. The normalized spacial score (nSPS) is 14.5. The van der Waals surface area contributed by atoms with Gasteiger partial charge in [-0.15, -0.1) is 0 Å². The fraction of sp³-hybridized carbons (Fsp3) is 0.296. The molecule has 5 rings (SSSR count). The zero-order chi connectivity index (χ0) is 25.1. The summed E-state index contributed by atoms with van der Waals surface area (Å²) in [6, 6.07) is 18.4. The van der Waals surface area contributed by atoms with Crippen molar-refractivity contribution in [3.05, 3.63) is 89.4 Å². The summed E-state index contributed by atoms with van der Waals surface area (Å²) in [6.07, 6.45) is 1.54. The van der Waals surface area contributed by atoms with E-state index in [-0.39, 0.29) is 18.0 Å². The minimum Gasteiger partial charge on any atom is -0.468 e. The Hall–Kier alpha value is -3.40. The molecule has 1 saturated heterocycles. The highest BCUT2D eigenvalue weighted by molar-refractivity contribution is 7.89. The van der Waals surface area contributed by atoms with Gasteiger partial charge in [0.1, 0.15) is 11.5 Å². The van der Waals surface area contributed by atoms with Crippen molar-refractivity contribution in [2.45, 2.75) is 31.8 Å². The summed E-state index contributed by atoms with van der Waals surface area (Å²) in [6.45, 7) is 6.49. The molecular weight excluding hydrogens is 478 g/mol. The number of hydrogen-bond donors (Lipinski definition) is 0. The number of anilines is 1. The van der Waals surface area contributed by atoms with Gasteiger partial charge in [0.05, 0.1) is 36.5 Å². The van der Waals surface area contributed by atoms with Crippen molar-refractivity contribution in [2.24, 2.45) is 0 Å². The van der Waals surface area contributed by atoms with E-state index in [1.165, 1.54) is 4.31 Å². The first kappa shape index (κ1) is 24.3. The topological polar surface area (TPSA) is 89.0 Å². The summed E-state index contributed by atoms with van der Waals surface area (Å²) >= 11 is 0. The van der Waals surface area contributed by atoms with Crippen molar-refractivity contribution in [3.63, 3.8) is 0 Å². The molecule has 0 unspecified atom stereocenters. The van der Waals surface area contributed by atoms with Gasteiger partial charge in [-0.2, -0.15) is 4.31 Å². The van der Waals surface area contributed by atoms with Crippen LogP contribution in [0.15, 0.2) is 80.8 Å². The highest BCUT2D eigenvalue weighted by Gasteiger charge is 2.31. The van der Waals surface area contributed by atoms with Gasteiger partial charge in [-0.05, 0) is 44.2 Å². The molecule has 2 aromatic carbocycles. The summed E-state index contributed by atoms with van der Waals surface area (Å²) in [4.78, 5) is 2.29. The highest BCUT2D eigenvalue weighted by Crippen LogP contribution is 2.35. The van der Waals surface area contributed by atoms with Crippen LogP contribution in [-0.2, 0) is 27.8 Å². The second-order valence-corrected chi connectivity index (χ2v) is 10.9. The van der Waals surface area contributed by atoms with Crippen LogP contribution in [0.1, 0.15) is 22.5 Å². The number of nitrogens with zero attached hydrogens (tertiary/aromatic N) is 3. The maximum atomic E-state index is 13.9. The molecule has 0 bridgehead atoms. The lowest BCUT2D eigenvalue weighted by Gasteiger charge is -2.28. The zero-order valence-corrected chi connectivity index (χ0v) is 21.2. The molecular formula is C27H29N3O5S. The fourth-order valence-electron chi connectivity index (χ4n) is 4.32. The molecule has 9 heteroatoms. The van der Waals surface area contributed by atoms with E-state index in [2.05, 4.69) is 10.1 Å². The van der Waals surface area contributed by atoms with Gasteiger partial charge in [0.2, 0.25) is 15.9 Å². The number of rotatable bonds is 8. The lowest BCUT2D eigenvalue weighted by Crippen LogP contribution is -2.37. The molecule has 1 aliphatic heterocycles. The van der Waals surface area contributed by atoms with E-state index in [4.69, 9.17) is 13.7 Å². The number of morpholine rings is 1. The predicted molar refractivity (Wildman–Crippen MR) is 136 cm³/mol. The van der Waals surface area contributed by atoms with Crippen molar-refractivity contribution in [1.29, 1.82) is 0 Å². The van der Waals surface area contributed by atoms with Gasteiger partial charge in [0.15, 0.2) is 0 Å². The van der Waals surface area contributed by atoms with Crippen LogP contribution in [-0.4, -0.2) is 44.2 Å². The maximum absolute atomic E-state index is 13.9. The third-order valence-corrected chi connectivity index (χ3v) is 8.07. The first-order valence-electron chi connectivity index (χ1n) is 11.9. The standard InChI is InChI=1S/C27H29N3O5S/c1-20-8-10-24(11-9-20)36(31,32)30(18-23-7-4-14-34-23)19-25-26(22-6-3-5-21(2)17-22)28-35-27(25)29-12-15-33-16-13-29/h3-11,14,17H,12-13,15-16,18-19H2,1-2H3. The Morgan fingerprint density at radius 3 is 2.42 bits per heavy atom. The maximum Gasteiger partial charge on any atom is 0.243 e. The predicted octanol–water partition coefficient (Wildman–Crippen LogP) is 4.78. The Kier molecular flexibility index (Phi) is 6.95. The largest absolute Gasteiger partial charge is 0.468 e. The van der Waals surface area contributed by atoms with Gasteiger partial charge < -0.3 is 18.6 Å². The third-order valence-electron chi connectivity index (χ3n) is 6.26. The second-order valence-electron chi connectivity index (χ2n) is 8.95. The van der Waals surface area contributed by atoms with Gasteiger partial charge in [0.25, 0.3) is 0 Å². The van der Waals surface area contributed by atoms with Crippen LogP contribution < -0.4 is 4.90 Å². The number of aryl methyl sites for hydroxylation is 2. The molecule has 0 saturated carbocycles. The molecule has 0 N–H and O–H groups in total. The minimum atomic E-state index is -3.86. The quantitative estimate of drug-likeness (QED) is 0.339. The average molecular weight is 508 g/mol. The Labute approximate surface area is 211 Å². The summed E-state index contributed by atoms with van der Waals surface area (Å²) in [5.74, 6) is 1.12. The van der Waals surface area contributed by atoms with Crippen molar-refractivity contribution < 1.29 is 22.1 Å². The van der Waals surface area contributed by atoms with Crippen LogP contribution in [0.25, 0.3) is 11.3 Å². The zero-order valence-electron chi connectivity index (χ0n) is 20.4. The molecule has 36 heavy (non-hydrogen) atoms. The van der Waals surface area contributed by atoms with Crippen molar-refractivity contribution in [3.8, 4) is 11.3 Å². The number of sulfonamides is 1.